The summed E-state index contributed by atoms with van der Waals surface area (Å²) in [5.41, 5.74) is -1.01. The molecule has 0 aliphatic carbocycles. The minimum Gasteiger partial charge on any atom is -0.276 e. The molecule has 2 rings (SSSR count). The Bertz CT molecular complexity index is 748. The highest BCUT2D eigenvalue weighted by atomic mass is 32.2. The van der Waals surface area contributed by atoms with Gasteiger partial charge in [0.1, 0.15) is 0 Å². The summed E-state index contributed by atoms with van der Waals surface area (Å²) in [4.78, 5) is -0.232. The van der Waals surface area contributed by atoms with E-state index in [-0.39, 0.29) is 11.0 Å². The lowest BCUT2D eigenvalue weighted by Gasteiger charge is -2.10. The first kappa shape index (κ1) is 14.3. The van der Waals surface area contributed by atoms with Gasteiger partial charge in [0, 0.05) is 6.07 Å². The summed E-state index contributed by atoms with van der Waals surface area (Å²) in [6.07, 6.45) is 0. The number of nitrogens with one attached hydrogen (secondary N) is 1. The van der Waals surface area contributed by atoms with E-state index in [0.29, 0.717) is 0 Å². The smallest absolute Gasteiger partial charge is 0.261 e. The largest absolute Gasteiger partial charge is 0.276 e. The molecule has 0 aromatic heterocycles. The summed E-state index contributed by atoms with van der Waals surface area (Å²) in [5.74, 6) is -7.61. The number of anilines is 1. The number of benzene rings is 2. The van der Waals surface area contributed by atoms with E-state index in [1.165, 1.54) is 24.3 Å². The zero-order chi connectivity index (χ0) is 14.9. The Kier molecular flexibility index (Phi) is 3.67. The summed E-state index contributed by atoms with van der Waals surface area (Å²) < 4.78 is 77.5. The molecular formula is C12H7F4NO2S. The van der Waals surface area contributed by atoms with Crippen molar-refractivity contribution >= 4 is 15.7 Å². The van der Waals surface area contributed by atoms with Crippen molar-refractivity contribution in [2.75, 3.05) is 4.72 Å². The molecule has 0 fully saturated rings. The molecule has 0 amide bonds. The van der Waals surface area contributed by atoms with Crippen LogP contribution in [0.25, 0.3) is 0 Å². The van der Waals surface area contributed by atoms with E-state index in [0.717, 1.165) is 0 Å². The number of halogens is 4. The fourth-order valence-electron chi connectivity index (χ4n) is 1.45. The van der Waals surface area contributed by atoms with Gasteiger partial charge in [-0.3, -0.25) is 4.72 Å². The second-order valence-electron chi connectivity index (χ2n) is 3.77. The van der Waals surface area contributed by atoms with E-state index in [9.17, 15) is 26.0 Å². The fourth-order valence-corrected chi connectivity index (χ4v) is 2.52. The zero-order valence-corrected chi connectivity index (χ0v) is 10.5. The molecule has 106 valence electrons. The Labute approximate surface area is 111 Å². The van der Waals surface area contributed by atoms with E-state index >= 15 is 0 Å². The summed E-state index contributed by atoms with van der Waals surface area (Å²) >= 11 is 0. The zero-order valence-electron chi connectivity index (χ0n) is 9.70. The van der Waals surface area contributed by atoms with Crippen LogP contribution in [0.15, 0.2) is 41.3 Å². The third-order valence-corrected chi connectivity index (χ3v) is 3.78. The van der Waals surface area contributed by atoms with Gasteiger partial charge < -0.3 is 0 Å². The van der Waals surface area contributed by atoms with Gasteiger partial charge in [0.05, 0.1) is 10.6 Å². The van der Waals surface area contributed by atoms with Gasteiger partial charge in [0.25, 0.3) is 10.0 Å². The van der Waals surface area contributed by atoms with E-state index in [2.05, 4.69) is 0 Å². The summed E-state index contributed by atoms with van der Waals surface area (Å²) in [6, 6.07) is 7.02. The third kappa shape index (κ3) is 2.60. The molecule has 2 aromatic rings. The van der Waals surface area contributed by atoms with Crippen LogP contribution in [-0.4, -0.2) is 8.42 Å². The summed E-state index contributed by atoms with van der Waals surface area (Å²) in [7, 11) is -4.23. The van der Waals surface area contributed by atoms with E-state index in [1.54, 1.807) is 10.8 Å². The lowest BCUT2D eigenvalue weighted by Crippen LogP contribution is -2.15. The minimum absolute atomic E-state index is 0.230. The molecule has 20 heavy (non-hydrogen) atoms. The average Bonchev–Trinajstić information content (AvgIpc) is 2.43. The molecule has 0 atom stereocenters. The van der Waals surface area contributed by atoms with Crippen molar-refractivity contribution in [1.82, 2.24) is 0 Å². The highest BCUT2D eigenvalue weighted by Crippen LogP contribution is 2.25. The molecule has 0 heterocycles. The van der Waals surface area contributed by atoms with Crippen LogP contribution in [0.2, 0.25) is 0 Å². The molecular weight excluding hydrogens is 298 g/mol. The van der Waals surface area contributed by atoms with Crippen molar-refractivity contribution in [2.24, 2.45) is 0 Å². The topological polar surface area (TPSA) is 46.2 Å². The Morgan fingerprint density at radius 2 is 1.45 bits per heavy atom. The lowest BCUT2D eigenvalue weighted by molar-refractivity contribution is 0.411. The predicted molar refractivity (Wildman–Crippen MR) is 63.5 cm³/mol. The van der Waals surface area contributed by atoms with Crippen molar-refractivity contribution < 1.29 is 26.0 Å². The van der Waals surface area contributed by atoms with Gasteiger partial charge in [0.15, 0.2) is 23.3 Å². The molecule has 1 N–H and O–H groups in total. The predicted octanol–water partition coefficient (Wildman–Crippen LogP) is 3.04. The highest BCUT2D eigenvalue weighted by molar-refractivity contribution is 7.92. The van der Waals surface area contributed by atoms with Gasteiger partial charge in [-0.05, 0) is 12.1 Å². The van der Waals surface area contributed by atoms with E-state index in [1.807, 2.05) is 0 Å². The van der Waals surface area contributed by atoms with Crippen LogP contribution in [0.3, 0.4) is 0 Å². The SMILES string of the molecule is O=S(=O)(Nc1cc(F)c(F)c(F)c1F)c1ccccc1. The summed E-state index contributed by atoms with van der Waals surface area (Å²) in [6.45, 7) is 0. The molecule has 0 bridgehead atoms. The molecule has 3 nitrogen and oxygen atoms in total. The molecule has 2 aromatic carbocycles. The van der Waals surface area contributed by atoms with Crippen LogP contribution in [0.4, 0.5) is 23.2 Å². The monoisotopic (exact) mass is 305 g/mol. The molecule has 0 radical (unpaired) electrons. The van der Waals surface area contributed by atoms with Crippen molar-refractivity contribution in [3.8, 4) is 0 Å². The Hall–Kier alpha value is -2.09. The van der Waals surface area contributed by atoms with Crippen LogP contribution in [0, 0.1) is 23.3 Å². The highest BCUT2D eigenvalue weighted by Gasteiger charge is 2.22. The van der Waals surface area contributed by atoms with Crippen LogP contribution in [0.5, 0.6) is 0 Å². The Balaban J connectivity index is 2.46. The molecule has 8 heteroatoms. The molecule has 0 saturated carbocycles. The normalized spacial score (nSPS) is 11.4. The quantitative estimate of drug-likeness (QED) is 0.538. The fraction of sp³-hybridized carbons (Fsp3) is 0. The van der Waals surface area contributed by atoms with Crippen molar-refractivity contribution in [2.45, 2.75) is 4.90 Å². The maximum atomic E-state index is 13.4. The minimum atomic E-state index is -4.23. The average molecular weight is 305 g/mol. The third-order valence-electron chi connectivity index (χ3n) is 2.40. The molecule has 0 saturated heterocycles. The van der Waals surface area contributed by atoms with Crippen molar-refractivity contribution in [3.63, 3.8) is 0 Å². The number of rotatable bonds is 3. The molecule has 0 spiro atoms. The number of sulfonamides is 1. The van der Waals surface area contributed by atoms with Crippen molar-refractivity contribution in [1.29, 1.82) is 0 Å². The second-order valence-corrected chi connectivity index (χ2v) is 5.45. The maximum Gasteiger partial charge on any atom is 0.261 e. The van der Waals surface area contributed by atoms with Crippen LogP contribution in [0.1, 0.15) is 0 Å². The first-order valence-electron chi connectivity index (χ1n) is 5.24. The van der Waals surface area contributed by atoms with Gasteiger partial charge in [0.2, 0.25) is 0 Å². The standard InChI is InChI=1S/C12H7F4NO2S/c13-8-6-9(11(15)12(16)10(8)14)17-20(18,19)7-4-2-1-3-5-7/h1-6,17H. The van der Waals surface area contributed by atoms with Gasteiger partial charge in [-0.1, -0.05) is 18.2 Å². The maximum absolute atomic E-state index is 13.4. The van der Waals surface area contributed by atoms with E-state index in [4.69, 9.17) is 0 Å². The second kappa shape index (κ2) is 5.12. The van der Waals surface area contributed by atoms with Gasteiger partial charge in [-0.15, -0.1) is 0 Å². The number of hydrogen-bond acceptors (Lipinski definition) is 2. The van der Waals surface area contributed by atoms with Crippen molar-refractivity contribution in [3.05, 3.63) is 59.7 Å². The van der Waals surface area contributed by atoms with Gasteiger partial charge in [-0.25, -0.2) is 26.0 Å². The summed E-state index contributed by atoms with van der Waals surface area (Å²) in [5, 5.41) is 0. The lowest BCUT2D eigenvalue weighted by atomic mass is 10.3. The Morgan fingerprint density at radius 1 is 0.850 bits per heavy atom. The van der Waals surface area contributed by atoms with Gasteiger partial charge >= 0.3 is 0 Å². The first-order valence-corrected chi connectivity index (χ1v) is 6.72. The molecule has 0 aliphatic rings. The van der Waals surface area contributed by atoms with Crippen LogP contribution < -0.4 is 4.72 Å². The number of hydrogen-bond donors (Lipinski definition) is 1. The first-order chi connectivity index (χ1) is 9.33. The van der Waals surface area contributed by atoms with Crippen LogP contribution >= 0.6 is 0 Å². The molecule has 0 unspecified atom stereocenters. The molecule has 0 aliphatic heterocycles. The van der Waals surface area contributed by atoms with Crippen LogP contribution in [-0.2, 0) is 10.0 Å². The van der Waals surface area contributed by atoms with E-state index < -0.39 is 39.0 Å². The Morgan fingerprint density at radius 3 is 2.05 bits per heavy atom. The van der Waals surface area contributed by atoms with Gasteiger partial charge in [-0.2, -0.15) is 0 Å².